The maximum atomic E-state index is 12.3. The number of carbonyl (C=O) groups excluding carboxylic acids is 1. The summed E-state index contributed by atoms with van der Waals surface area (Å²) in [6.45, 7) is 5.65. The van der Waals surface area contributed by atoms with E-state index in [1.807, 2.05) is 28.9 Å². The summed E-state index contributed by atoms with van der Waals surface area (Å²) < 4.78 is 7.20. The van der Waals surface area contributed by atoms with E-state index in [-0.39, 0.29) is 5.92 Å². The fourth-order valence-corrected chi connectivity index (χ4v) is 3.13. The van der Waals surface area contributed by atoms with Crippen LogP contribution in [-0.2, 0) is 9.53 Å². The number of imidazole rings is 1. The zero-order valence-corrected chi connectivity index (χ0v) is 14.0. The number of pyridine rings is 1. The van der Waals surface area contributed by atoms with Crippen LogP contribution in [0.5, 0.6) is 0 Å². The lowest BCUT2D eigenvalue weighted by atomic mass is 9.93. The first-order valence-corrected chi connectivity index (χ1v) is 7.91. The SMILES string of the molecule is CC(C)(C)OC(=O)N1CCC(c2ccc3nccn3c2)C1C(=O)O. The van der Waals surface area contributed by atoms with E-state index < -0.39 is 23.7 Å². The number of hydrogen-bond donors (Lipinski definition) is 1. The fraction of sp³-hybridized carbons (Fsp3) is 0.471. The number of ether oxygens (including phenoxy) is 1. The molecule has 3 heterocycles. The van der Waals surface area contributed by atoms with Crippen LogP contribution in [-0.4, -0.2) is 49.6 Å². The van der Waals surface area contributed by atoms with Crippen LogP contribution in [0.1, 0.15) is 38.7 Å². The van der Waals surface area contributed by atoms with Gasteiger partial charge >= 0.3 is 12.1 Å². The molecule has 24 heavy (non-hydrogen) atoms. The molecule has 2 aromatic heterocycles. The van der Waals surface area contributed by atoms with Crippen molar-refractivity contribution in [2.75, 3.05) is 6.54 Å². The van der Waals surface area contributed by atoms with E-state index in [4.69, 9.17) is 4.74 Å². The summed E-state index contributed by atoms with van der Waals surface area (Å²) in [6, 6.07) is 2.80. The predicted octanol–water partition coefficient (Wildman–Crippen LogP) is 2.51. The molecule has 1 amide bonds. The van der Waals surface area contributed by atoms with Crippen molar-refractivity contribution in [2.24, 2.45) is 0 Å². The van der Waals surface area contributed by atoms with Crippen molar-refractivity contribution < 1.29 is 19.4 Å². The van der Waals surface area contributed by atoms with Crippen molar-refractivity contribution >= 4 is 17.7 Å². The number of rotatable bonds is 2. The van der Waals surface area contributed by atoms with Crippen LogP contribution in [0.3, 0.4) is 0 Å². The summed E-state index contributed by atoms with van der Waals surface area (Å²) in [5.74, 6) is -1.30. The highest BCUT2D eigenvalue weighted by molar-refractivity contribution is 5.82. The second kappa shape index (κ2) is 5.81. The lowest BCUT2D eigenvalue weighted by Gasteiger charge is -2.28. The molecule has 0 spiro atoms. The van der Waals surface area contributed by atoms with Crippen molar-refractivity contribution in [1.82, 2.24) is 14.3 Å². The third kappa shape index (κ3) is 3.06. The Morgan fingerprint density at radius 1 is 1.33 bits per heavy atom. The lowest BCUT2D eigenvalue weighted by molar-refractivity contribution is -0.142. The summed E-state index contributed by atoms with van der Waals surface area (Å²) >= 11 is 0. The Labute approximate surface area is 139 Å². The predicted molar refractivity (Wildman–Crippen MR) is 86.9 cm³/mol. The highest BCUT2D eigenvalue weighted by atomic mass is 16.6. The number of hydrogen-bond acceptors (Lipinski definition) is 4. The minimum absolute atomic E-state index is 0.276. The Bertz CT molecular complexity index is 777. The molecular weight excluding hydrogens is 310 g/mol. The number of amides is 1. The molecule has 2 unspecified atom stereocenters. The Hall–Kier alpha value is -2.57. The van der Waals surface area contributed by atoms with Crippen molar-refractivity contribution in [3.8, 4) is 0 Å². The lowest BCUT2D eigenvalue weighted by Crippen LogP contribution is -2.45. The molecule has 1 aliphatic rings. The van der Waals surface area contributed by atoms with Gasteiger partial charge in [0.05, 0.1) is 0 Å². The first kappa shape index (κ1) is 16.3. The van der Waals surface area contributed by atoms with Gasteiger partial charge < -0.3 is 14.2 Å². The van der Waals surface area contributed by atoms with Gasteiger partial charge in [0.2, 0.25) is 0 Å². The maximum Gasteiger partial charge on any atom is 0.411 e. The fourth-order valence-electron chi connectivity index (χ4n) is 3.13. The van der Waals surface area contributed by atoms with E-state index in [2.05, 4.69) is 4.98 Å². The molecule has 1 saturated heterocycles. The van der Waals surface area contributed by atoms with E-state index in [9.17, 15) is 14.7 Å². The van der Waals surface area contributed by atoms with Crippen molar-refractivity contribution in [1.29, 1.82) is 0 Å². The normalized spacial score (nSPS) is 21.2. The van der Waals surface area contributed by atoms with E-state index in [1.165, 1.54) is 4.90 Å². The van der Waals surface area contributed by atoms with Gasteiger partial charge in [-0.15, -0.1) is 0 Å². The second-order valence-electron chi connectivity index (χ2n) is 7.01. The van der Waals surface area contributed by atoms with Crippen molar-refractivity contribution in [3.05, 3.63) is 36.3 Å². The largest absolute Gasteiger partial charge is 0.480 e. The zero-order valence-electron chi connectivity index (χ0n) is 14.0. The molecule has 3 rings (SSSR count). The van der Waals surface area contributed by atoms with Crippen LogP contribution in [0.4, 0.5) is 4.79 Å². The van der Waals surface area contributed by atoms with Crippen molar-refractivity contribution in [3.63, 3.8) is 0 Å². The van der Waals surface area contributed by atoms with Crippen LogP contribution in [0.25, 0.3) is 5.65 Å². The molecule has 0 aromatic carbocycles. The highest BCUT2D eigenvalue weighted by Gasteiger charge is 2.44. The number of carbonyl (C=O) groups is 2. The first-order chi connectivity index (χ1) is 11.3. The number of aliphatic carboxylic acids is 1. The number of likely N-dealkylation sites (tertiary alicyclic amines) is 1. The molecule has 1 fully saturated rings. The molecular formula is C17H21N3O4. The molecule has 0 saturated carbocycles. The molecule has 128 valence electrons. The molecule has 0 radical (unpaired) electrons. The van der Waals surface area contributed by atoms with Gasteiger partial charge in [0, 0.05) is 31.1 Å². The Balaban J connectivity index is 1.88. The van der Waals surface area contributed by atoms with Gasteiger partial charge in [-0.3, -0.25) is 4.90 Å². The van der Waals surface area contributed by atoms with E-state index in [1.54, 1.807) is 27.0 Å². The smallest absolute Gasteiger partial charge is 0.411 e. The van der Waals surface area contributed by atoms with Crippen LogP contribution >= 0.6 is 0 Å². The van der Waals surface area contributed by atoms with Crippen LogP contribution in [0, 0.1) is 0 Å². The average molecular weight is 331 g/mol. The van der Waals surface area contributed by atoms with Crippen LogP contribution < -0.4 is 0 Å². The number of carboxylic acid groups (broad SMARTS) is 1. The summed E-state index contributed by atoms with van der Waals surface area (Å²) in [5.41, 5.74) is 1.01. The second-order valence-corrected chi connectivity index (χ2v) is 7.01. The minimum Gasteiger partial charge on any atom is -0.480 e. The molecule has 2 atom stereocenters. The summed E-state index contributed by atoms with van der Waals surface area (Å²) in [4.78, 5) is 29.7. The third-order valence-corrected chi connectivity index (χ3v) is 4.12. The number of nitrogens with zero attached hydrogens (tertiary/aromatic N) is 3. The van der Waals surface area contributed by atoms with Crippen molar-refractivity contribution in [2.45, 2.75) is 44.8 Å². The number of aromatic nitrogens is 2. The van der Waals surface area contributed by atoms with Gasteiger partial charge in [-0.1, -0.05) is 6.07 Å². The summed E-state index contributed by atoms with van der Waals surface area (Å²) in [7, 11) is 0. The number of carboxylic acids is 1. The highest BCUT2D eigenvalue weighted by Crippen LogP contribution is 2.34. The molecule has 7 nitrogen and oxygen atoms in total. The molecule has 1 aliphatic heterocycles. The Kier molecular flexibility index (Phi) is 3.95. The third-order valence-electron chi connectivity index (χ3n) is 4.12. The Morgan fingerprint density at radius 3 is 2.75 bits per heavy atom. The van der Waals surface area contributed by atoms with E-state index in [0.717, 1.165) is 11.2 Å². The molecule has 1 N–H and O–H groups in total. The standard InChI is InChI=1S/C17H21N3O4/c1-17(2,3)24-16(23)20-8-6-12(14(20)15(21)22)11-4-5-13-18-7-9-19(13)10-11/h4-5,7,9-10,12,14H,6,8H2,1-3H3,(H,21,22). The van der Waals surface area contributed by atoms with Gasteiger partial charge in [-0.25, -0.2) is 14.6 Å². The average Bonchev–Trinajstić information content (AvgIpc) is 3.11. The van der Waals surface area contributed by atoms with Gasteiger partial charge in [-0.2, -0.15) is 0 Å². The van der Waals surface area contributed by atoms with E-state index in [0.29, 0.717) is 13.0 Å². The quantitative estimate of drug-likeness (QED) is 0.914. The first-order valence-electron chi connectivity index (χ1n) is 7.91. The van der Waals surface area contributed by atoms with Gasteiger partial charge in [0.25, 0.3) is 0 Å². The molecule has 2 aromatic rings. The molecule has 0 aliphatic carbocycles. The number of fused-ring (bicyclic) bond motifs is 1. The van der Waals surface area contributed by atoms with Gasteiger partial charge in [0.1, 0.15) is 17.3 Å². The summed E-state index contributed by atoms with van der Waals surface area (Å²) in [5, 5.41) is 9.67. The van der Waals surface area contributed by atoms with Gasteiger partial charge in [0.15, 0.2) is 0 Å². The van der Waals surface area contributed by atoms with Crippen LogP contribution in [0.15, 0.2) is 30.7 Å². The minimum atomic E-state index is -1.02. The maximum absolute atomic E-state index is 12.3. The zero-order chi connectivity index (χ0) is 17.5. The van der Waals surface area contributed by atoms with Crippen LogP contribution in [0.2, 0.25) is 0 Å². The molecule has 7 heteroatoms. The molecule has 0 bridgehead atoms. The topological polar surface area (TPSA) is 84.1 Å². The Morgan fingerprint density at radius 2 is 2.08 bits per heavy atom. The summed E-state index contributed by atoms with van der Waals surface area (Å²) in [6.07, 6.45) is 5.38. The van der Waals surface area contributed by atoms with E-state index >= 15 is 0 Å². The van der Waals surface area contributed by atoms with Gasteiger partial charge in [-0.05, 0) is 38.8 Å². The monoisotopic (exact) mass is 331 g/mol.